The Bertz CT molecular complexity index is 545. The first-order valence-electron chi connectivity index (χ1n) is 5.32. The minimum atomic E-state index is 0.169. The number of likely N-dealkylation sites (N-methyl/N-ethyl adjacent to an activating group) is 1. The number of aromatic nitrogens is 1. The second-order valence-corrected chi connectivity index (χ2v) is 7.34. The molecule has 1 atom stereocenters. The van der Waals surface area contributed by atoms with E-state index in [1.54, 1.807) is 11.3 Å². The van der Waals surface area contributed by atoms with Gasteiger partial charge in [-0.25, -0.2) is 0 Å². The fraction of sp³-hybridized carbons (Fsp3) is 0.250. The van der Waals surface area contributed by atoms with Gasteiger partial charge in [0.15, 0.2) is 0 Å². The van der Waals surface area contributed by atoms with Crippen molar-refractivity contribution in [3.63, 3.8) is 0 Å². The van der Waals surface area contributed by atoms with E-state index in [9.17, 15) is 0 Å². The van der Waals surface area contributed by atoms with Crippen LogP contribution in [0.3, 0.4) is 0 Å². The van der Waals surface area contributed by atoms with Crippen molar-refractivity contribution >= 4 is 54.8 Å². The molecule has 2 aromatic rings. The number of nitrogens with one attached hydrogen (secondary N) is 1. The van der Waals surface area contributed by atoms with Gasteiger partial charge in [-0.3, -0.25) is 4.98 Å². The third-order valence-electron chi connectivity index (χ3n) is 2.55. The molecule has 2 rings (SSSR count). The first-order chi connectivity index (χ1) is 8.60. The zero-order chi connectivity index (χ0) is 13.1. The smallest absolute Gasteiger partial charge is 0.0931 e. The Morgan fingerprint density at radius 3 is 2.78 bits per heavy atom. The normalized spacial score (nSPS) is 12.7. The maximum absolute atomic E-state index is 5.95. The van der Waals surface area contributed by atoms with Crippen molar-refractivity contribution in [2.75, 3.05) is 7.05 Å². The quantitative estimate of drug-likeness (QED) is 0.781. The van der Waals surface area contributed by atoms with Crippen LogP contribution < -0.4 is 5.32 Å². The summed E-state index contributed by atoms with van der Waals surface area (Å²) in [5.74, 6) is 0. The Labute approximate surface area is 132 Å². The highest BCUT2D eigenvalue weighted by atomic mass is 79.9. The Morgan fingerprint density at radius 2 is 2.22 bits per heavy atom. The highest BCUT2D eigenvalue weighted by molar-refractivity contribution is 9.11. The lowest BCUT2D eigenvalue weighted by Crippen LogP contribution is -2.20. The van der Waals surface area contributed by atoms with Gasteiger partial charge in [0.2, 0.25) is 0 Å². The predicted molar refractivity (Wildman–Crippen MR) is 84.5 cm³/mol. The largest absolute Gasteiger partial charge is 0.311 e. The van der Waals surface area contributed by atoms with Crippen molar-refractivity contribution in [1.29, 1.82) is 0 Å². The zero-order valence-electron chi connectivity index (χ0n) is 9.58. The third kappa shape index (κ3) is 3.54. The molecule has 18 heavy (non-hydrogen) atoms. The Hall–Kier alpha value is 0.0600. The lowest BCUT2D eigenvalue weighted by atomic mass is 10.1. The zero-order valence-corrected chi connectivity index (χ0v) is 14.3. The van der Waals surface area contributed by atoms with Gasteiger partial charge in [-0.1, -0.05) is 11.6 Å². The molecule has 0 aliphatic carbocycles. The molecule has 0 bridgehead atoms. The molecule has 0 fully saturated rings. The average molecular weight is 411 g/mol. The van der Waals surface area contributed by atoms with E-state index < -0.39 is 0 Å². The molecule has 1 unspecified atom stereocenters. The number of halogens is 3. The van der Waals surface area contributed by atoms with Crippen LogP contribution in [0.1, 0.15) is 16.6 Å². The van der Waals surface area contributed by atoms with Gasteiger partial charge in [-0.2, -0.15) is 0 Å². The van der Waals surface area contributed by atoms with Crippen LogP contribution in [0.25, 0.3) is 0 Å². The number of hydrogen-bond donors (Lipinski definition) is 1. The molecule has 96 valence electrons. The molecule has 2 aromatic heterocycles. The molecular weight excluding hydrogens is 399 g/mol. The highest BCUT2D eigenvalue weighted by Crippen LogP contribution is 2.29. The van der Waals surface area contributed by atoms with E-state index in [0.717, 1.165) is 25.4 Å². The Balaban J connectivity index is 2.22. The van der Waals surface area contributed by atoms with E-state index in [1.165, 1.54) is 4.88 Å². The van der Waals surface area contributed by atoms with E-state index in [0.29, 0.717) is 0 Å². The van der Waals surface area contributed by atoms with Gasteiger partial charge in [-0.15, -0.1) is 11.3 Å². The molecular formula is C12H11Br2ClN2S. The molecule has 0 aliphatic rings. The Morgan fingerprint density at radius 1 is 1.44 bits per heavy atom. The van der Waals surface area contributed by atoms with Crippen LogP contribution in [-0.4, -0.2) is 12.0 Å². The van der Waals surface area contributed by atoms with Crippen LogP contribution in [0.15, 0.2) is 33.3 Å². The second kappa shape index (κ2) is 6.48. The number of rotatable bonds is 4. The van der Waals surface area contributed by atoms with Crippen molar-refractivity contribution in [3.05, 3.63) is 48.2 Å². The molecule has 0 amide bonds. The summed E-state index contributed by atoms with van der Waals surface area (Å²) in [5, 5.41) is 3.29. The molecule has 6 heteroatoms. The average Bonchev–Trinajstić information content (AvgIpc) is 2.72. The maximum Gasteiger partial charge on any atom is 0.0931 e. The van der Waals surface area contributed by atoms with Crippen LogP contribution in [0.4, 0.5) is 0 Å². The van der Waals surface area contributed by atoms with Crippen LogP contribution in [0, 0.1) is 0 Å². The molecule has 1 N–H and O–H groups in total. The first kappa shape index (κ1) is 14.5. The standard InChI is InChI=1S/C12H11Br2ClN2S/c1-16-10(5-8-2-3-11(15)18-8)12-9(14)4-7(13)6-17-12/h2-4,6,10,16H,5H2,1H3. The van der Waals surface area contributed by atoms with Gasteiger partial charge in [0.25, 0.3) is 0 Å². The predicted octanol–water partition coefficient (Wildman–Crippen LogP) is 4.82. The van der Waals surface area contributed by atoms with Gasteiger partial charge < -0.3 is 5.32 Å². The van der Waals surface area contributed by atoms with Crippen LogP contribution in [-0.2, 0) is 6.42 Å². The summed E-state index contributed by atoms with van der Waals surface area (Å²) >= 11 is 14.5. The number of hydrogen-bond acceptors (Lipinski definition) is 3. The SMILES string of the molecule is CNC(Cc1ccc(Cl)s1)c1ncc(Br)cc1Br. The van der Waals surface area contributed by atoms with Crippen LogP contribution in [0.5, 0.6) is 0 Å². The van der Waals surface area contributed by atoms with Crippen molar-refractivity contribution in [1.82, 2.24) is 10.3 Å². The molecule has 0 aromatic carbocycles. The van der Waals surface area contributed by atoms with E-state index >= 15 is 0 Å². The van der Waals surface area contributed by atoms with Crippen LogP contribution >= 0.6 is 54.8 Å². The summed E-state index contributed by atoms with van der Waals surface area (Å²) in [6.07, 6.45) is 2.69. The summed E-state index contributed by atoms with van der Waals surface area (Å²) in [4.78, 5) is 5.71. The van der Waals surface area contributed by atoms with Gasteiger partial charge in [0.05, 0.1) is 16.1 Å². The van der Waals surface area contributed by atoms with Gasteiger partial charge >= 0.3 is 0 Å². The minimum Gasteiger partial charge on any atom is -0.311 e. The van der Waals surface area contributed by atoms with Crippen LogP contribution in [0.2, 0.25) is 4.34 Å². The summed E-state index contributed by atoms with van der Waals surface area (Å²) in [5.41, 5.74) is 1.00. The fourth-order valence-electron chi connectivity index (χ4n) is 1.68. The minimum absolute atomic E-state index is 0.169. The van der Waals surface area contributed by atoms with E-state index in [2.05, 4.69) is 48.2 Å². The number of pyridine rings is 1. The molecule has 0 saturated carbocycles. The van der Waals surface area contributed by atoms with Crippen molar-refractivity contribution in [3.8, 4) is 0 Å². The molecule has 0 saturated heterocycles. The Kier molecular flexibility index (Phi) is 5.21. The molecule has 2 heterocycles. The van der Waals surface area contributed by atoms with Gasteiger partial charge in [0, 0.05) is 26.4 Å². The lowest BCUT2D eigenvalue weighted by molar-refractivity contribution is 0.577. The maximum atomic E-state index is 5.95. The summed E-state index contributed by atoms with van der Waals surface area (Å²) in [7, 11) is 1.94. The summed E-state index contributed by atoms with van der Waals surface area (Å²) < 4.78 is 2.79. The fourth-order valence-corrected chi connectivity index (χ4v) is 4.08. The van der Waals surface area contributed by atoms with Crippen molar-refractivity contribution in [2.45, 2.75) is 12.5 Å². The highest BCUT2D eigenvalue weighted by Gasteiger charge is 2.16. The second-order valence-electron chi connectivity index (χ2n) is 3.77. The summed E-state index contributed by atoms with van der Waals surface area (Å²) in [6, 6.07) is 6.17. The molecule has 0 radical (unpaired) electrons. The monoisotopic (exact) mass is 408 g/mol. The molecule has 2 nitrogen and oxygen atoms in total. The molecule has 0 aliphatic heterocycles. The van der Waals surface area contributed by atoms with E-state index in [1.807, 2.05) is 25.4 Å². The van der Waals surface area contributed by atoms with Crippen molar-refractivity contribution < 1.29 is 0 Å². The topological polar surface area (TPSA) is 24.9 Å². The van der Waals surface area contributed by atoms with E-state index in [4.69, 9.17) is 11.6 Å². The lowest BCUT2D eigenvalue weighted by Gasteiger charge is -2.16. The number of nitrogens with zero attached hydrogens (tertiary/aromatic N) is 1. The van der Waals surface area contributed by atoms with Gasteiger partial charge in [-0.05, 0) is 57.1 Å². The molecule has 0 spiro atoms. The summed E-state index contributed by atoms with van der Waals surface area (Å²) in [6.45, 7) is 0. The van der Waals surface area contributed by atoms with Crippen molar-refractivity contribution in [2.24, 2.45) is 0 Å². The van der Waals surface area contributed by atoms with E-state index in [-0.39, 0.29) is 6.04 Å². The van der Waals surface area contributed by atoms with Gasteiger partial charge in [0.1, 0.15) is 0 Å². The third-order valence-corrected chi connectivity index (χ3v) is 4.87. The first-order valence-corrected chi connectivity index (χ1v) is 8.10. The number of thiophene rings is 1.